The summed E-state index contributed by atoms with van der Waals surface area (Å²) in [6, 6.07) is 0. The molecular formula is C12H24O4. The quantitative estimate of drug-likeness (QED) is 0.649. The third kappa shape index (κ3) is 6.93. The molecule has 1 unspecified atom stereocenters. The molecule has 0 radical (unpaired) electrons. The van der Waals surface area contributed by atoms with Gasteiger partial charge in [-0.1, -0.05) is 6.92 Å². The maximum absolute atomic E-state index is 11.5. The minimum Gasteiger partial charge on any atom is -0.385 e. The summed E-state index contributed by atoms with van der Waals surface area (Å²) in [6.07, 6.45) is -0.950. The molecule has 1 N–H and O–H groups in total. The van der Waals surface area contributed by atoms with E-state index < -0.39 is 12.4 Å². The zero-order valence-corrected chi connectivity index (χ0v) is 10.9. The molecule has 0 aromatic carbocycles. The molecule has 4 nitrogen and oxygen atoms in total. The van der Waals surface area contributed by atoms with Crippen LogP contribution in [0.15, 0.2) is 0 Å². The molecule has 0 rings (SSSR count). The fourth-order valence-corrected chi connectivity index (χ4v) is 1.26. The third-order valence-electron chi connectivity index (χ3n) is 1.97. The summed E-state index contributed by atoms with van der Waals surface area (Å²) in [4.78, 5) is 11.5. The number of rotatable bonds is 8. The van der Waals surface area contributed by atoms with Crippen LogP contribution in [0.3, 0.4) is 0 Å². The standard InChI is InChI=1S/C12H24O4/c1-6-10(13)11(14)7-12(15-8(2)3)16-9(4)5/h8-10,12-13H,6-7H2,1-5H3. The molecule has 0 fully saturated rings. The number of hydrogen-bond donors (Lipinski definition) is 1. The highest BCUT2D eigenvalue weighted by Crippen LogP contribution is 2.10. The normalized spacial score (nSPS) is 13.8. The van der Waals surface area contributed by atoms with Crippen molar-refractivity contribution in [3.63, 3.8) is 0 Å². The number of hydrogen-bond acceptors (Lipinski definition) is 4. The van der Waals surface area contributed by atoms with E-state index in [1.54, 1.807) is 6.92 Å². The fraction of sp³-hybridized carbons (Fsp3) is 0.917. The van der Waals surface area contributed by atoms with Gasteiger partial charge in [0.05, 0.1) is 18.6 Å². The van der Waals surface area contributed by atoms with Crippen molar-refractivity contribution in [2.45, 2.75) is 72.1 Å². The van der Waals surface area contributed by atoms with Gasteiger partial charge in [-0.25, -0.2) is 0 Å². The van der Waals surface area contributed by atoms with Crippen LogP contribution in [-0.2, 0) is 14.3 Å². The first kappa shape index (κ1) is 15.6. The zero-order valence-electron chi connectivity index (χ0n) is 10.9. The Morgan fingerprint density at radius 3 is 1.88 bits per heavy atom. The Labute approximate surface area is 97.9 Å². The molecule has 0 aliphatic carbocycles. The van der Waals surface area contributed by atoms with Gasteiger partial charge in [0.25, 0.3) is 0 Å². The summed E-state index contributed by atoms with van der Waals surface area (Å²) in [5.41, 5.74) is 0. The second-order valence-corrected chi connectivity index (χ2v) is 4.39. The van der Waals surface area contributed by atoms with Crippen LogP contribution >= 0.6 is 0 Å². The highest BCUT2D eigenvalue weighted by atomic mass is 16.7. The number of ketones is 1. The highest BCUT2D eigenvalue weighted by molar-refractivity contribution is 5.83. The zero-order chi connectivity index (χ0) is 12.7. The molecule has 96 valence electrons. The predicted molar refractivity (Wildman–Crippen MR) is 62.2 cm³/mol. The van der Waals surface area contributed by atoms with Crippen LogP contribution < -0.4 is 0 Å². The van der Waals surface area contributed by atoms with Crippen molar-refractivity contribution >= 4 is 5.78 Å². The van der Waals surface area contributed by atoms with Gasteiger partial charge in [0, 0.05) is 0 Å². The van der Waals surface area contributed by atoms with Crippen LogP contribution in [0.4, 0.5) is 0 Å². The number of carbonyl (C=O) groups excluding carboxylic acids is 1. The minimum atomic E-state index is -0.908. The van der Waals surface area contributed by atoms with Gasteiger partial charge in [-0.3, -0.25) is 4.79 Å². The Bertz CT molecular complexity index is 191. The van der Waals surface area contributed by atoms with E-state index in [0.717, 1.165) is 0 Å². The number of aliphatic hydroxyl groups excluding tert-OH is 1. The molecule has 16 heavy (non-hydrogen) atoms. The van der Waals surface area contributed by atoms with Crippen molar-refractivity contribution in [3.8, 4) is 0 Å². The van der Waals surface area contributed by atoms with Gasteiger partial charge in [-0.05, 0) is 34.1 Å². The average molecular weight is 232 g/mol. The van der Waals surface area contributed by atoms with Crippen LogP contribution in [0.5, 0.6) is 0 Å². The van der Waals surface area contributed by atoms with Crippen LogP contribution in [0.1, 0.15) is 47.5 Å². The Morgan fingerprint density at radius 1 is 1.12 bits per heavy atom. The van der Waals surface area contributed by atoms with Gasteiger partial charge in [0.1, 0.15) is 6.10 Å². The number of aliphatic hydroxyl groups is 1. The molecule has 0 bridgehead atoms. The molecule has 0 aliphatic heterocycles. The van der Waals surface area contributed by atoms with Gasteiger partial charge in [0.15, 0.2) is 12.1 Å². The van der Waals surface area contributed by atoms with E-state index >= 15 is 0 Å². The van der Waals surface area contributed by atoms with E-state index in [4.69, 9.17) is 9.47 Å². The van der Waals surface area contributed by atoms with Crippen molar-refractivity contribution < 1.29 is 19.4 Å². The van der Waals surface area contributed by atoms with Crippen LogP contribution in [0.25, 0.3) is 0 Å². The molecule has 4 heteroatoms. The van der Waals surface area contributed by atoms with Gasteiger partial charge in [-0.2, -0.15) is 0 Å². The fourth-order valence-electron chi connectivity index (χ4n) is 1.26. The van der Waals surface area contributed by atoms with Crippen LogP contribution in [-0.4, -0.2) is 35.5 Å². The number of carbonyl (C=O) groups is 1. The van der Waals surface area contributed by atoms with Gasteiger partial charge >= 0.3 is 0 Å². The molecule has 0 aliphatic rings. The van der Waals surface area contributed by atoms with Crippen molar-refractivity contribution in [2.75, 3.05) is 0 Å². The van der Waals surface area contributed by atoms with E-state index in [0.29, 0.717) is 6.42 Å². The Kier molecular flexibility index (Phi) is 7.55. The molecule has 0 amide bonds. The molecule has 0 aromatic rings. The second-order valence-electron chi connectivity index (χ2n) is 4.39. The smallest absolute Gasteiger partial charge is 0.166 e. The van der Waals surface area contributed by atoms with Gasteiger partial charge < -0.3 is 14.6 Å². The van der Waals surface area contributed by atoms with Gasteiger partial charge in [-0.15, -0.1) is 0 Å². The molecule has 0 heterocycles. The number of Topliss-reactive ketones (excluding diaryl/α,β-unsaturated/α-hetero) is 1. The SMILES string of the molecule is CCC(O)C(=O)CC(OC(C)C)OC(C)C. The van der Waals surface area contributed by atoms with E-state index in [-0.39, 0.29) is 24.4 Å². The molecule has 0 spiro atoms. The first-order valence-corrected chi connectivity index (χ1v) is 5.88. The van der Waals surface area contributed by atoms with Gasteiger partial charge in [0.2, 0.25) is 0 Å². The lowest BCUT2D eigenvalue weighted by atomic mass is 10.1. The summed E-state index contributed by atoms with van der Waals surface area (Å²) < 4.78 is 10.9. The van der Waals surface area contributed by atoms with Crippen molar-refractivity contribution in [3.05, 3.63) is 0 Å². The largest absolute Gasteiger partial charge is 0.385 e. The lowest BCUT2D eigenvalue weighted by molar-refractivity contribution is -0.187. The topological polar surface area (TPSA) is 55.8 Å². The molecular weight excluding hydrogens is 208 g/mol. The maximum Gasteiger partial charge on any atom is 0.166 e. The third-order valence-corrected chi connectivity index (χ3v) is 1.97. The minimum absolute atomic E-state index is 0.00433. The van der Waals surface area contributed by atoms with E-state index in [1.807, 2.05) is 27.7 Å². The predicted octanol–water partition coefficient (Wildman–Crippen LogP) is 1.89. The molecule has 0 aromatic heterocycles. The van der Waals surface area contributed by atoms with E-state index in [1.165, 1.54) is 0 Å². The summed E-state index contributed by atoms with van der Waals surface area (Å²) in [5.74, 6) is -0.228. The molecule has 0 saturated heterocycles. The average Bonchev–Trinajstić information content (AvgIpc) is 2.14. The number of ether oxygens (including phenoxy) is 2. The van der Waals surface area contributed by atoms with Crippen LogP contribution in [0.2, 0.25) is 0 Å². The molecule has 1 atom stereocenters. The lowest BCUT2D eigenvalue weighted by Crippen LogP contribution is -2.31. The summed E-state index contributed by atoms with van der Waals surface area (Å²) >= 11 is 0. The summed E-state index contributed by atoms with van der Waals surface area (Å²) in [6.45, 7) is 9.31. The van der Waals surface area contributed by atoms with E-state index in [9.17, 15) is 9.90 Å². The monoisotopic (exact) mass is 232 g/mol. The van der Waals surface area contributed by atoms with Crippen molar-refractivity contribution in [2.24, 2.45) is 0 Å². The summed E-state index contributed by atoms with van der Waals surface area (Å²) in [5, 5.41) is 9.38. The highest BCUT2D eigenvalue weighted by Gasteiger charge is 2.21. The Balaban J connectivity index is 4.24. The van der Waals surface area contributed by atoms with E-state index in [2.05, 4.69) is 0 Å². The first-order valence-electron chi connectivity index (χ1n) is 5.88. The van der Waals surface area contributed by atoms with Crippen molar-refractivity contribution in [1.29, 1.82) is 0 Å². The van der Waals surface area contributed by atoms with Crippen LogP contribution in [0, 0.1) is 0 Å². The second kappa shape index (κ2) is 7.76. The van der Waals surface area contributed by atoms with Crippen molar-refractivity contribution in [1.82, 2.24) is 0 Å². The lowest BCUT2D eigenvalue weighted by Gasteiger charge is -2.23. The Hall–Kier alpha value is -0.450. The summed E-state index contributed by atoms with van der Waals surface area (Å²) in [7, 11) is 0. The maximum atomic E-state index is 11.5. The Morgan fingerprint density at radius 2 is 1.56 bits per heavy atom. The first-order chi connectivity index (χ1) is 7.36. The molecule has 0 saturated carbocycles.